The number of thiol groups is 1. The predicted octanol–water partition coefficient (Wildman–Crippen LogP) is 1.27. The molecule has 0 fully saturated rings. The Morgan fingerprint density at radius 2 is 2.25 bits per heavy atom. The van der Waals surface area contributed by atoms with E-state index in [0.717, 1.165) is 12.8 Å². The minimum Gasteiger partial charge on any atom is -0.464 e. The van der Waals surface area contributed by atoms with Crippen LogP contribution in [0.25, 0.3) is 0 Å². The molecule has 0 aliphatic heterocycles. The Labute approximate surface area is 78.8 Å². The third-order valence-electron chi connectivity index (χ3n) is 1.46. The summed E-state index contributed by atoms with van der Waals surface area (Å²) in [5.41, 5.74) is 0. The number of rotatable bonds is 6. The molecular weight excluding hydrogens is 176 g/mol. The van der Waals surface area contributed by atoms with Crippen molar-refractivity contribution in [3.63, 3.8) is 0 Å². The van der Waals surface area contributed by atoms with Gasteiger partial charge in [-0.05, 0) is 6.42 Å². The zero-order valence-corrected chi connectivity index (χ0v) is 8.47. The van der Waals surface area contributed by atoms with Crippen molar-refractivity contribution in [1.82, 2.24) is 0 Å². The smallest absolute Gasteiger partial charge is 0.336 e. The molecule has 0 radical (unpaired) electrons. The van der Waals surface area contributed by atoms with E-state index in [4.69, 9.17) is 9.47 Å². The molecule has 0 N–H and O–H groups in total. The lowest BCUT2D eigenvalue weighted by Crippen LogP contribution is -2.27. The zero-order valence-electron chi connectivity index (χ0n) is 7.58. The van der Waals surface area contributed by atoms with E-state index in [1.54, 1.807) is 0 Å². The minimum atomic E-state index is -0.523. The molecule has 0 spiro atoms. The summed E-state index contributed by atoms with van der Waals surface area (Å²) in [6.45, 7) is 2.52. The monoisotopic (exact) mass is 192 g/mol. The fraction of sp³-hybridized carbons (Fsp3) is 0.875. The van der Waals surface area contributed by atoms with E-state index in [1.165, 1.54) is 7.11 Å². The lowest BCUT2D eigenvalue weighted by molar-refractivity contribution is -0.153. The van der Waals surface area contributed by atoms with Gasteiger partial charge in [-0.25, -0.2) is 4.79 Å². The van der Waals surface area contributed by atoms with Crippen molar-refractivity contribution in [2.75, 3.05) is 19.5 Å². The molecule has 0 amide bonds. The summed E-state index contributed by atoms with van der Waals surface area (Å²) in [4.78, 5) is 11.1. The second-order valence-corrected chi connectivity index (χ2v) is 2.79. The quantitative estimate of drug-likeness (QED) is 0.391. The highest BCUT2D eigenvalue weighted by atomic mass is 32.1. The number of unbranched alkanes of at least 4 members (excludes halogenated alkanes) is 1. The van der Waals surface area contributed by atoms with Crippen molar-refractivity contribution in [3.8, 4) is 0 Å². The first kappa shape index (κ1) is 11.8. The van der Waals surface area contributed by atoms with Crippen molar-refractivity contribution in [1.29, 1.82) is 0 Å². The molecule has 0 heterocycles. The van der Waals surface area contributed by atoms with Gasteiger partial charge >= 0.3 is 5.97 Å². The van der Waals surface area contributed by atoms with Gasteiger partial charge in [-0.1, -0.05) is 13.3 Å². The largest absolute Gasteiger partial charge is 0.464 e. The highest BCUT2D eigenvalue weighted by molar-refractivity contribution is 7.80. The normalized spacial score (nSPS) is 12.6. The second kappa shape index (κ2) is 7.43. The summed E-state index contributed by atoms with van der Waals surface area (Å²) in [5.74, 6) is 0.0440. The Bertz CT molecular complexity index is 123. The molecule has 0 aromatic rings. The Morgan fingerprint density at radius 1 is 1.58 bits per heavy atom. The van der Waals surface area contributed by atoms with Crippen LogP contribution in [0.3, 0.4) is 0 Å². The molecule has 0 aromatic carbocycles. The van der Waals surface area contributed by atoms with E-state index in [2.05, 4.69) is 12.6 Å². The van der Waals surface area contributed by atoms with E-state index in [9.17, 15) is 4.79 Å². The summed E-state index contributed by atoms with van der Waals surface area (Å²) in [6.07, 6.45) is 1.39. The third kappa shape index (κ3) is 4.62. The van der Waals surface area contributed by atoms with Crippen LogP contribution < -0.4 is 0 Å². The zero-order chi connectivity index (χ0) is 9.40. The SMILES string of the molecule is CCCCOC(=O)C(CS)OC. The highest BCUT2D eigenvalue weighted by Crippen LogP contribution is 1.98. The summed E-state index contributed by atoms with van der Waals surface area (Å²) < 4.78 is 9.75. The summed E-state index contributed by atoms with van der Waals surface area (Å²) in [6, 6.07) is 0. The number of ether oxygens (including phenoxy) is 2. The number of carbonyl (C=O) groups is 1. The first-order chi connectivity index (χ1) is 5.76. The van der Waals surface area contributed by atoms with Crippen LogP contribution in [0.15, 0.2) is 0 Å². The first-order valence-electron chi connectivity index (χ1n) is 4.06. The summed E-state index contributed by atoms with van der Waals surface area (Å²) in [5, 5.41) is 0. The van der Waals surface area contributed by atoms with Gasteiger partial charge in [0.15, 0.2) is 6.10 Å². The van der Waals surface area contributed by atoms with Gasteiger partial charge in [0.2, 0.25) is 0 Å². The van der Waals surface area contributed by atoms with Crippen molar-refractivity contribution < 1.29 is 14.3 Å². The fourth-order valence-corrected chi connectivity index (χ4v) is 0.953. The second-order valence-electron chi connectivity index (χ2n) is 2.43. The van der Waals surface area contributed by atoms with Crippen LogP contribution in [-0.2, 0) is 14.3 Å². The third-order valence-corrected chi connectivity index (χ3v) is 1.79. The lowest BCUT2D eigenvalue weighted by Gasteiger charge is -2.11. The molecule has 3 nitrogen and oxygen atoms in total. The van der Waals surface area contributed by atoms with Gasteiger partial charge in [-0.15, -0.1) is 0 Å². The number of methoxy groups -OCH3 is 1. The standard InChI is InChI=1S/C8H16O3S/c1-3-4-5-11-8(9)7(6-12)10-2/h7,12H,3-6H2,1-2H3. The van der Waals surface area contributed by atoms with E-state index < -0.39 is 6.10 Å². The van der Waals surface area contributed by atoms with Crippen molar-refractivity contribution in [2.24, 2.45) is 0 Å². The molecule has 0 saturated carbocycles. The lowest BCUT2D eigenvalue weighted by atomic mass is 10.3. The fourth-order valence-electron chi connectivity index (χ4n) is 0.655. The van der Waals surface area contributed by atoms with Crippen molar-refractivity contribution in [2.45, 2.75) is 25.9 Å². The molecule has 0 bridgehead atoms. The van der Waals surface area contributed by atoms with E-state index in [0.29, 0.717) is 12.4 Å². The first-order valence-corrected chi connectivity index (χ1v) is 4.69. The Morgan fingerprint density at radius 3 is 2.67 bits per heavy atom. The van der Waals surface area contributed by atoms with Crippen molar-refractivity contribution >= 4 is 18.6 Å². The molecule has 1 atom stereocenters. The van der Waals surface area contributed by atoms with Crippen LogP contribution in [0.5, 0.6) is 0 Å². The number of carbonyl (C=O) groups excluding carboxylic acids is 1. The molecule has 0 saturated heterocycles. The summed E-state index contributed by atoms with van der Waals surface area (Å²) in [7, 11) is 1.47. The van der Waals surface area contributed by atoms with E-state index in [-0.39, 0.29) is 5.97 Å². The maximum absolute atomic E-state index is 11.1. The topological polar surface area (TPSA) is 35.5 Å². The Kier molecular flexibility index (Phi) is 7.29. The molecule has 0 aliphatic carbocycles. The number of hydrogen-bond donors (Lipinski definition) is 1. The average molecular weight is 192 g/mol. The average Bonchev–Trinajstić information content (AvgIpc) is 2.07. The minimum absolute atomic E-state index is 0.319. The maximum Gasteiger partial charge on any atom is 0.336 e. The van der Waals surface area contributed by atoms with Crippen LogP contribution in [0, 0.1) is 0 Å². The molecule has 12 heavy (non-hydrogen) atoms. The van der Waals surface area contributed by atoms with Crippen LogP contribution in [0.2, 0.25) is 0 Å². The number of esters is 1. The van der Waals surface area contributed by atoms with Crippen LogP contribution >= 0.6 is 12.6 Å². The molecule has 0 aromatic heterocycles. The Balaban J connectivity index is 3.54. The van der Waals surface area contributed by atoms with Crippen LogP contribution in [-0.4, -0.2) is 31.5 Å². The number of hydrogen-bond acceptors (Lipinski definition) is 4. The summed E-state index contributed by atoms with van der Waals surface area (Å²) >= 11 is 3.95. The van der Waals surface area contributed by atoms with Gasteiger partial charge in [0.25, 0.3) is 0 Å². The van der Waals surface area contributed by atoms with Gasteiger partial charge in [-0.3, -0.25) is 0 Å². The van der Waals surface area contributed by atoms with Crippen LogP contribution in [0.1, 0.15) is 19.8 Å². The van der Waals surface area contributed by atoms with Crippen LogP contribution in [0.4, 0.5) is 0 Å². The molecule has 4 heteroatoms. The van der Waals surface area contributed by atoms with E-state index in [1.807, 2.05) is 6.92 Å². The molecule has 72 valence electrons. The molecule has 1 unspecified atom stereocenters. The van der Waals surface area contributed by atoms with Gasteiger partial charge < -0.3 is 9.47 Å². The maximum atomic E-state index is 11.1. The Hall–Kier alpha value is -0.220. The van der Waals surface area contributed by atoms with E-state index >= 15 is 0 Å². The predicted molar refractivity (Wildman–Crippen MR) is 50.5 cm³/mol. The van der Waals surface area contributed by atoms with Gasteiger partial charge in [-0.2, -0.15) is 12.6 Å². The van der Waals surface area contributed by atoms with Gasteiger partial charge in [0.1, 0.15) is 0 Å². The molecule has 0 rings (SSSR count). The molecule has 0 aliphatic rings. The van der Waals surface area contributed by atoms with Gasteiger partial charge in [0, 0.05) is 12.9 Å². The molecular formula is C8H16O3S. The highest BCUT2D eigenvalue weighted by Gasteiger charge is 2.16. The van der Waals surface area contributed by atoms with Crippen molar-refractivity contribution in [3.05, 3.63) is 0 Å². The van der Waals surface area contributed by atoms with Gasteiger partial charge in [0.05, 0.1) is 6.61 Å².